The molecule has 6 heteroatoms. The fourth-order valence-electron chi connectivity index (χ4n) is 1.76. The van der Waals surface area contributed by atoms with Gasteiger partial charge in [-0.25, -0.2) is 0 Å². The van der Waals surface area contributed by atoms with Crippen LogP contribution in [0.1, 0.15) is 12.8 Å². The zero-order valence-electron chi connectivity index (χ0n) is 9.89. The molecule has 0 bridgehead atoms. The molecular formula is C12H17ClN2O3. The van der Waals surface area contributed by atoms with Crippen molar-refractivity contribution in [1.82, 2.24) is 0 Å². The third-order valence-electron chi connectivity index (χ3n) is 2.96. The molecule has 1 amide bonds. The minimum Gasteiger partial charge on any atom is -0.508 e. The minimum absolute atomic E-state index is 0. The fourth-order valence-corrected chi connectivity index (χ4v) is 1.76. The monoisotopic (exact) mass is 272 g/mol. The highest BCUT2D eigenvalue weighted by Crippen LogP contribution is 2.21. The number of phenols is 1. The first kappa shape index (κ1) is 14.8. The Morgan fingerprint density at radius 2 is 1.83 bits per heavy atom. The number of nitrogens with one attached hydrogen (secondary N) is 1. The topological polar surface area (TPSA) is 84.6 Å². The summed E-state index contributed by atoms with van der Waals surface area (Å²) in [7, 11) is 0. The standard InChI is InChI=1S/C12H16N2O3.ClH/c13-12(5-7-17-8-6-12)11(16)14-9-1-3-10(15)4-2-9;/h1-4,15H,5-8,13H2,(H,14,16);1H. The molecule has 18 heavy (non-hydrogen) atoms. The number of rotatable bonds is 2. The number of halogens is 1. The molecule has 1 aliphatic rings. The van der Waals surface area contributed by atoms with Crippen molar-refractivity contribution in [2.75, 3.05) is 18.5 Å². The predicted octanol–water partition coefficient (Wildman–Crippen LogP) is 1.26. The normalized spacial score (nSPS) is 17.6. The van der Waals surface area contributed by atoms with Gasteiger partial charge in [0, 0.05) is 18.9 Å². The molecule has 1 aromatic rings. The van der Waals surface area contributed by atoms with Gasteiger partial charge in [0.05, 0.1) is 0 Å². The van der Waals surface area contributed by atoms with Crippen LogP contribution in [0.25, 0.3) is 0 Å². The highest BCUT2D eigenvalue weighted by molar-refractivity contribution is 5.98. The lowest BCUT2D eigenvalue weighted by molar-refractivity contribution is -0.124. The Balaban J connectivity index is 0.00000162. The molecule has 0 unspecified atom stereocenters. The van der Waals surface area contributed by atoms with Crippen molar-refractivity contribution in [2.24, 2.45) is 5.73 Å². The maximum absolute atomic E-state index is 12.0. The molecule has 0 saturated carbocycles. The van der Waals surface area contributed by atoms with Gasteiger partial charge >= 0.3 is 0 Å². The quantitative estimate of drug-likeness (QED) is 0.708. The van der Waals surface area contributed by atoms with E-state index >= 15 is 0 Å². The largest absolute Gasteiger partial charge is 0.508 e. The van der Waals surface area contributed by atoms with Gasteiger partial charge in [0.2, 0.25) is 5.91 Å². The van der Waals surface area contributed by atoms with Gasteiger partial charge in [-0.3, -0.25) is 4.79 Å². The van der Waals surface area contributed by atoms with E-state index in [9.17, 15) is 4.79 Å². The molecule has 0 aliphatic carbocycles. The SMILES string of the molecule is Cl.NC1(C(=O)Nc2ccc(O)cc2)CCOCC1. The van der Waals surface area contributed by atoms with E-state index in [4.69, 9.17) is 15.6 Å². The van der Waals surface area contributed by atoms with Gasteiger partial charge in [-0.15, -0.1) is 12.4 Å². The lowest BCUT2D eigenvalue weighted by Gasteiger charge is -2.31. The number of ether oxygens (including phenoxy) is 1. The zero-order valence-corrected chi connectivity index (χ0v) is 10.7. The lowest BCUT2D eigenvalue weighted by atomic mass is 9.90. The smallest absolute Gasteiger partial charge is 0.244 e. The van der Waals surface area contributed by atoms with E-state index in [-0.39, 0.29) is 24.1 Å². The van der Waals surface area contributed by atoms with Crippen molar-refractivity contribution in [3.8, 4) is 5.75 Å². The second kappa shape index (κ2) is 6.04. The average Bonchev–Trinajstić information content (AvgIpc) is 2.33. The molecule has 1 fully saturated rings. The van der Waals surface area contributed by atoms with Gasteiger partial charge in [-0.05, 0) is 37.1 Å². The van der Waals surface area contributed by atoms with Gasteiger partial charge in [0.25, 0.3) is 0 Å². The summed E-state index contributed by atoms with van der Waals surface area (Å²) in [5.41, 5.74) is 5.82. The molecule has 1 heterocycles. The van der Waals surface area contributed by atoms with Crippen LogP contribution < -0.4 is 11.1 Å². The number of hydrogen-bond acceptors (Lipinski definition) is 4. The van der Waals surface area contributed by atoms with Crippen LogP contribution in [0, 0.1) is 0 Å². The summed E-state index contributed by atoms with van der Waals surface area (Å²) in [6.07, 6.45) is 1.05. The number of amides is 1. The molecule has 0 atom stereocenters. The molecule has 1 aromatic carbocycles. The second-order valence-corrected chi connectivity index (χ2v) is 4.27. The maximum atomic E-state index is 12.0. The van der Waals surface area contributed by atoms with Gasteiger partial charge in [0.15, 0.2) is 0 Å². The van der Waals surface area contributed by atoms with Crippen LogP contribution in [0.5, 0.6) is 5.75 Å². The van der Waals surface area contributed by atoms with Crippen LogP contribution in [0.3, 0.4) is 0 Å². The molecule has 2 rings (SSSR count). The highest BCUT2D eigenvalue weighted by atomic mass is 35.5. The molecule has 100 valence electrons. The van der Waals surface area contributed by atoms with Crippen LogP contribution in [0.15, 0.2) is 24.3 Å². The minimum atomic E-state index is -0.851. The van der Waals surface area contributed by atoms with E-state index in [1.807, 2.05) is 0 Å². The number of hydrogen-bond donors (Lipinski definition) is 3. The maximum Gasteiger partial charge on any atom is 0.244 e. The molecule has 0 aromatic heterocycles. The number of benzene rings is 1. The molecule has 1 saturated heterocycles. The summed E-state index contributed by atoms with van der Waals surface area (Å²) in [5, 5.41) is 11.9. The van der Waals surface area contributed by atoms with Gasteiger partial charge < -0.3 is 20.9 Å². The number of nitrogens with two attached hydrogens (primary N) is 1. The van der Waals surface area contributed by atoms with E-state index < -0.39 is 5.54 Å². The van der Waals surface area contributed by atoms with Crippen molar-refractivity contribution in [3.63, 3.8) is 0 Å². The van der Waals surface area contributed by atoms with Crippen LogP contribution in [0.2, 0.25) is 0 Å². The predicted molar refractivity (Wildman–Crippen MR) is 71.0 cm³/mol. The molecule has 0 spiro atoms. The Morgan fingerprint density at radius 1 is 1.28 bits per heavy atom. The van der Waals surface area contributed by atoms with E-state index in [1.54, 1.807) is 12.1 Å². The summed E-state index contributed by atoms with van der Waals surface area (Å²) < 4.78 is 5.19. The molecular weight excluding hydrogens is 256 g/mol. The summed E-state index contributed by atoms with van der Waals surface area (Å²) in [4.78, 5) is 12.0. The van der Waals surface area contributed by atoms with Crippen molar-refractivity contribution in [2.45, 2.75) is 18.4 Å². The van der Waals surface area contributed by atoms with E-state index in [1.165, 1.54) is 12.1 Å². The number of phenolic OH excluding ortho intramolecular Hbond substituents is 1. The molecule has 4 N–H and O–H groups in total. The van der Waals surface area contributed by atoms with E-state index in [0.29, 0.717) is 31.7 Å². The first-order valence-electron chi connectivity index (χ1n) is 5.57. The number of anilines is 1. The van der Waals surface area contributed by atoms with Crippen molar-refractivity contribution in [3.05, 3.63) is 24.3 Å². The zero-order chi connectivity index (χ0) is 12.3. The van der Waals surface area contributed by atoms with E-state index in [2.05, 4.69) is 5.32 Å². The third-order valence-corrected chi connectivity index (χ3v) is 2.96. The van der Waals surface area contributed by atoms with Crippen molar-refractivity contribution >= 4 is 24.0 Å². The summed E-state index contributed by atoms with van der Waals surface area (Å²) in [6, 6.07) is 6.30. The summed E-state index contributed by atoms with van der Waals surface area (Å²) in [5.74, 6) is -0.0389. The number of carbonyl (C=O) groups is 1. The molecule has 0 radical (unpaired) electrons. The third kappa shape index (κ3) is 3.35. The first-order valence-corrected chi connectivity index (χ1v) is 5.57. The van der Waals surface area contributed by atoms with Crippen LogP contribution >= 0.6 is 12.4 Å². The van der Waals surface area contributed by atoms with Crippen LogP contribution in [-0.4, -0.2) is 29.8 Å². The summed E-state index contributed by atoms with van der Waals surface area (Å²) in [6.45, 7) is 1.03. The van der Waals surface area contributed by atoms with Gasteiger partial charge in [-0.2, -0.15) is 0 Å². The van der Waals surface area contributed by atoms with Gasteiger partial charge in [-0.1, -0.05) is 0 Å². The Morgan fingerprint density at radius 3 is 2.39 bits per heavy atom. The van der Waals surface area contributed by atoms with Gasteiger partial charge in [0.1, 0.15) is 11.3 Å². The molecule has 1 aliphatic heterocycles. The average molecular weight is 273 g/mol. The highest BCUT2D eigenvalue weighted by Gasteiger charge is 2.35. The summed E-state index contributed by atoms with van der Waals surface area (Å²) >= 11 is 0. The van der Waals surface area contributed by atoms with E-state index in [0.717, 1.165) is 0 Å². The number of carbonyl (C=O) groups excluding carboxylic acids is 1. The Bertz CT molecular complexity index is 402. The lowest BCUT2D eigenvalue weighted by Crippen LogP contribution is -2.54. The van der Waals surface area contributed by atoms with Crippen LogP contribution in [-0.2, 0) is 9.53 Å². The number of aromatic hydroxyl groups is 1. The van der Waals surface area contributed by atoms with Crippen LogP contribution in [0.4, 0.5) is 5.69 Å². The Kier molecular flexibility index (Phi) is 4.95. The molecule has 5 nitrogen and oxygen atoms in total. The Labute approximate surface area is 112 Å². The Hall–Kier alpha value is -1.30. The first-order chi connectivity index (χ1) is 8.10. The fraction of sp³-hybridized carbons (Fsp3) is 0.417. The van der Waals surface area contributed by atoms with Crippen molar-refractivity contribution < 1.29 is 14.6 Å². The second-order valence-electron chi connectivity index (χ2n) is 4.27. The van der Waals surface area contributed by atoms with Crippen molar-refractivity contribution in [1.29, 1.82) is 0 Å².